The molecule has 1 aliphatic heterocycles. The smallest absolute Gasteiger partial charge is 0.260 e. The largest absolute Gasteiger partial charge is 0.484 e. The second-order valence-electron chi connectivity index (χ2n) is 4.39. The van der Waals surface area contributed by atoms with Crippen molar-refractivity contribution in [3.05, 3.63) is 29.3 Å². The Morgan fingerprint density at radius 3 is 3.05 bits per heavy atom. The van der Waals surface area contributed by atoms with Gasteiger partial charge in [-0.25, -0.2) is 0 Å². The molecule has 0 saturated carbocycles. The molecule has 1 atom stereocenters. The van der Waals surface area contributed by atoms with E-state index < -0.39 is 0 Å². The van der Waals surface area contributed by atoms with Crippen LogP contribution in [0.1, 0.15) is 6.92 Å². The van der Waals surface area contributed by atoms with Gasteiger partial charge in [0.05, 0.1) is 0 Å². The van der Waals surface area contributed by atoms with Crippen molar-refractivity contribution in [1.82, 2.24) is 10.2 Å². The first-order valence-electron chi connectivity index (χ1n) is 6.05. The summed E-state index contributed by atoms with van der Waals surface area (Å²) in [5.41, 5.74) is 0. The van der Waals surface area contributed by atoms with Gasteiger partial charge in [-0.1, -0.05) is 17.7 Å². The van der Waals surface area contributed by atoms with E-state index in [1.807, 2.05) is 11.8 Å². The molecule has 1 N–H and O–H groups in total. The Bertz CT molecular complexity index is 429. The van der Waals surface area contributed by atoms with Crippen LogP contribution in [-0.2, 0) is 4.79 Å². The third-order valence-corrected chi connectivity index (χ3v) is 3.22. The Hall–Kier alpha value is -0.970. The highest BCUT2D eigenvalue weighted by atomic mass is 35.5. The zero-order valence-corrected chi connectivity index (χ0v) is 12.3. The van der Waals surface area contributed by atoms with E-state index in [-0.39, 0.29) is 31.0 Å². The van der Waals surface area contributed by atoms with E-state index in [2.05, 4.69) is 5.32 Å². The molecule has 0 aromatic heterocycles. The molecule has 6 heteroatoms. The summed E-state index contributed by atoms with van der Waals surface area (Å²) in [6.07, 6.45) is 0. The molecule has 1 aliphatic rings. The van der Waals surface area contributed by atoms with Crippen LogP contribution in [0.3, 0.4) is 0 Å². The van der Waals surface area contributed by atoms with Crippen LogP contribution in [-0.4, -0.2) is 43.1 Å². The lowest BCUT2D eigenvalue weighted by Gasteiger charge is -2.33. The van der Waals surface area contributed by atoms with E-state index in [0.29, 0.717) is 10.8 Å². The Labute approximate surface area is 124 Å². The zero-order chi connectivity index (χ0) is 13.0. The topological polar surface area (TPSA) is 41.6 Å². The number of nitrogens with zero attached hydrogens (tertiary/aromatic N) is 1. The summed E-state index contributed by atoms with van der Waals surface area (Å²) < 4.78 is 5.45. The highest BCUT2D eigenvalue weighted by Crippen LogP contribution is 2.17. The van der Waals surface area contributed by atoms with Gasteiger partial charge < -0.3 is 15.0 Å². The second-order valence-corrected chi connectivity index (χ2v) is 4.82. The highest BCUT2D eigenvalue weighted by Gasteiger charge is 2.22. The Kier molecular flexibility index (Phi) is 6.42. The maximum atomic E-state index is 12.0. The Balaban J connectivity index is 0.00000180. The molecule has 1 amide bonds. The first kappa shape index (κ1) is 16.1. The van der Waals surface area contributed by atoms with Crippen LogP contribution in [0, 0.1) is 0 Å². The van der Waals surface area contributed by atoms with E-state index in [9.17, 15) is 4.79 Å². The molecule has 0 bridgehead atoms. The van der Waals surface area contributed by atoms with Gasteiger partial charge >= 0.3 is 0 Å². The molecule has 1 heterocycles. The molecule has 1 aromatic rings. The fraction of sp³-hybridized carbons (Fsp3) is 0.462. The molecule has 1 saturated heterocycles. The summed E-state index contributed by atoms with van der Waals surface area (Å²) in [6.45, 7) is 4.50. The van der Waals surface area contributed by atoms with Gasteiger partial charge in [-0.05, 0) is 25.1 Å². The lowest BCUT2D eigenvalue weighted by molar-refractivity contribution is -0.136. The minimum atomic E-state index is 0. The van der Waals surface area contributed by atoms with E-state index in [1.165, 1.54) is 0 Å². The number of carbonyl (C=O) groups is 1. The Morgan fingerprint density at radius 2 is 2.37 bits per heavy atom. The van der Waals surface area contributed by atoms with Crippen molar-refractivity contribution >= 4 is 29.9 Å². The molecule has 0 radical (unpaired) electrons. The zero-order valence-electron chi connectivity index (χ0n) is 10.8. The van der Waals surface area contributed by atoms with Crippen molar-refractivity contribution in [3.8, 4) is 5.75 Å². The fourth-order valence-electron chi connectivity index (χ4n) is 2.00. The van der Waals surface area contributed by atoms with Gasteiger partial charge in [-0.2, -0.15) is 0 Å². The van der Waals surface area contributed by atoms with Crippen LogP contribution in [0.15, 0.2) is 24.3 Å². The standard InChI is InChI=1S/C13H17ClN2O2.ClH/c1-10-8-15-5-6-16(10)13(17)9-18-12-4-2-3-11(14)7-12;/h2-4,7,10,15H,5-6,8-9H2,1H3;1H/t10-;/m1./s1. The number of amides is 1. The van der Waals surface area contributed by atoms with Crippen molar-refractivity contribution in [3.63, 3.8) is 0 Å². The van der Waals surface area contributed by atoms with Crippen molar-refractivity contribution in [2.45, 2.75) is 13.0 Å². The average Bonchev–Trinajstić information content (AvgIpc) is 2.37. The average molecular weight is 305 g/mol. The number of ether oxygens (including phenoxy) is 1. The predicted octanol–water partition coefficient (Wildman–Crippen LogP) is 1.96. The number of rotatable bonds is 3. The summed E-state index contributed by atoms with van der Waals surface area (Å²) >= 11 is 5.85. The minimum Gasteiger partial charge on any atom is -0.484 e. The van der Waals surface area contributed by atoms with Crippen molar-refractivity contribution in [2.24, 2.45) is 0 Å². The molecular formula is C13H18Cl2N2O2. The molecule has 106 valence electrons. The van der Waals surface area contributed by atoms with Crippen LogP contribution in [0.5, 0.6) is 5.75 Å². The quantitative estimate of drug-likeness (QED) is 0.928. The van der Waals surface area contributed by atoms with E-state index in [1.54, 1.807) is 24.3 Å². The molecule has 1 fully saturated rings. The van der Waals surface area contributed by atoms with Gasteiger partial charge in [0.1, 0.15) is 5.75 Å². The third kappa shape index (κ3) is 4.56. The molecule has 0 unspecified atom stereocenters. The monoisotopic (exact) mass is 304 g/mol. The number of hydrogen-bond acceptors (Lipinski definition) is 3. The number of benzene rings is 1. The molecular weight excluding hydrogens is 287 g/mol. The molecule has 1 aromatic carbocycles. The van der Waals surface area contributed by atoms with Crippen LogP contribution in [0.2, 0.25) is 5.02 Å². The van der Waals surface area contributed by atoms with Gasteiger partial charge in [0.2, 0.25) is 0 Å². The van der Waals surface area contributed by atoms with E-state index in [0.717, 1.165) is 19.6 Å². The van der Waals surface area contributed by atoms with Crippen LogP contribution in [0.4, 0.5) is 0 Å². The first-order chi connectivity index (χ1) is 8.66. The molecule has 0 aliphatic carbocycles. The lowest BCUT2D eigenvalue weighted by atomic mass is 10.2. The highest BCUT2D eigenvalue weighted by molar-refractivity contribution is 6.30. The Morgan fingerprint density at radius 1 is 1.58 bits per heavy atom. The van der Waals surface area contributed by atoms with Gasteiger partial charge in [0.15, 0.2) is 6.61 Å². The van der Waals surface area contributed by atoms with Crippen molar-refractivity contribution in [1.29, 1.82) is 0 Å². The summed E-state index contributed by atoms with van der Waals surface area (Å²) in [7, 11) is 0. The van der Waals surface area contributed by atoms with E-state index >= 15 is 0 Å². The van der Waals surface area contributed by atoms with Gasteiger partial charge in [0.25, 0.3) is 5.91 Å². The summed E-state index contributed by atoms with van der Waals surface area (Å²) in [6, 6.07) is 7.29. The molecule has 2 rings (SSSR count). The maximum Gasteiger partial charge on any atom is 0.260 e. The maximum absolute atomic E-state index is 12.0. The van der Waals surface area contributed by atoms with Crippen molar-refractivity contribution < 1.29 is 9.53 Å². The normalized spacial score (nSPS) is 18.6. The second kappa shape index (κ2) is 7.58. The summed E-state index contributed by atoms with van der Waals surface area (Å²) in [5.74, 6) is 0.641. The number of hydrogen-bond donors (Lipinski definition) is 1. The van der Waals surface area contributed by atoms with Gasteiger partial charge in [0, 0.05) is 30.7 Å². The summed E-state index contributed by atoms with van der Waals surface area (Å²) in [5, 5.41) is 3.86. The summed E-state index contributed by atoms with van der Waals surface area (Å²) in [4.78, 5) is 13.9. The third-order valence-electron chi connectivity index (χ3n) is 2.98. The molecule has 0 spiro atoms. The van der Waals surface area contributed by atoms with Crippen LogP contribution in [0.25, 0.3) is 0 Å². The van der Waals surface area contributed by atoms with Gasteiger partial charge in [-0.15, -0.1) is 12.4 Å². The minimum absolute atomic E-state index is 0. The number of nitrogens with one attached hydrogen (secondary N) is 1. The predicted molar refractivity (Wildman–Crippen MR) is 78.2 cm³/mol. The number of piperazine rings is 1. The first-order valence-corrected chi connectivity index (χ1v) is 6.43. The van der Waals surface area contributed by atoms with Gasteiger partial charge in [-0.3, -0.25) is 4.79 Å². The number of carbonyl (C=O) groups excluding carboxylic acids is 1. The fourth-order valence-corrected chi connectivity index (χ4v) is 2.18. The lowest BCUT2D eigenvalue weighted by Crippen LogP contribution is -2.53. The van der Waals surface area contributed by atoms with Crippen molar-refractivity contribution in [2.75, 3.05) is 26.2 Å². The van der Waals surface area contributed by atoms with Crippen LogP contribution < -0.4 is 10.1 Å². The van der Waals surface area contributed by atoms with Crippen LogP contribution >= 0.6 is 24.0 Å². The van der Waals surface area contributed by atoms with E-state index in [4.69, 9.17) is 16.3 Å². The molecule has 4 nitrogen and oxygen atoms in total. The SMILES string of the molecule is C[C@@H]1CNCCN1C(=O)COc1cccc(Cl)c1.Cl. The molecule has 19 heavy (non-hydrogen) atoms. The number of halogens is 2.